The molecule has 0 aliphatic rings. The van der Waals surface area contributed by atoms with Crippen molar-refractivity contribution in [3.05, 3.63) is 54.0 Å². The van der Waals surface area contributed by atoms with E-state index in [1.807, 2.05) is 20.8 Å². The third kappa shape index (κ3) is 5.44. The predicted molar refractivity (Wildman–Crippen MR) is 108 cm³/mol. The minimum Gasteiger partial charge on any atom is -0.467 e. The zero-order valence-corrected chi connectivity index (χ0v) is 17.2. The summed E-state index contributed by atoms with van der Waals surface area (Å²) >= 11 is 1.23. The van der Waals surface area contributed by atoms with Gasteiger partial charge >= 0.3 is 0 Å². The second kappa shape index (κ2) is 8.91. The first kappa shape index (κ1) is 20.6. The number of rotatable bonds is 7. The third-order valence-electron chi connectivity index (χ3n) is 3.86. The lowest BCUT2D eigenvalue weighted by atomic mass is 10.1. The van der Waals surface area contributed by atoms with Gasteiger partial charge < -0.3 is 15.1 Å². The van der Waals surface area contributed by atoms with Crippen molar-refractivity contribution in [1.29, 1.82) is 0 Å². The Morgan fingerprint density at radius 1 is 1.17 bits per heavy atom. The van der Waals surface area contributed by atoms with Gasteiger partial charge in [0, 0.05) is 0 Å². The SMILES string of the molecule is CC(C)(C)n1nnnc1SCC(=O)Nc1ccccc1C(=O)NCc1ccco1. The molecule has 0 spiro atoms. The summed E-state index contributed by atoms with van der Waals surface area (Å²) in [6.45, 7) is 6.20. The summed E-state index contributed by atoms with van der Waals surface area (Å²) in [5, 5.41) is 17.7. The van der Waals surface area contributed by atoms with E-state index in [0.29, 0.717) is 22.2 Å². The van der Waals surface area contributed by atoms with E-state index in [4.69, 9.17) is 4.42 Å². The molecule has 10 heteroatoms. The van der Waals surface area contributed by atoms with Crippen molar-refractivity contribution in [3.8, 4) is 0 Å². The second-order valence-electron chi connectivity index (χ2n) is 7.19. The van der Waals surface area contributed by atoms with E-state index in [0.717, 1.165) is 0 Å². The van der Waals surface area contributed by atoms with Crippen LogP contribution in [0, 0.1) is 0 Å². The zero-order valence-electron chi connectivity index (χ0n) is 16.4. The molecule has 0 saturated heterocycles. The molecule has 0 radical (unpaired) electrons. The maximum absolute atomic E-state index is 12.5. The highest BCUT2D eigenvalue weighted by Crippen LogP contribution is 2.22. The molecule has 0 aliphatic carbocycles. The number of tetrazole rings is 1. The fraction of sp³-hybridized carbons (Fsp3) is 0.316. The van der Waals surface area contributed by atoms with Crippen LogP contribution in [-0.2, 0) is 16.9 Å². The number of para-hydroxylation sites is 1. The highest BCUT2D eigenvalue weighted by atomic mass is 32.2. The van der Waals surface area contributed by atoms with Crippen molar-refractivity contribution in [2.24, 2.45) is 0 Å². The maximum atomic E-state index is 12.5. The molecule has 29 heavy (non-hydrogen) atoms. The van der Waals surface area contributed by atoms with Crippen LogP contribution in [-0.4, -0.2) is 37.8 Å². The van der Waals surface area contributed by atoms with Crippen LogP contribution in [0.25, 0.3) is 0 Å². The molecule has 1 aromatic carbocycles. The number of carbonyl (C=O) groups excluding carboxylic acids is 2. The van der Waals surface area contributed by atoms with Crippen LogP contribution in [0.3, 0.4) is 0 Å². The number of nitrogens with one attached hydrogen (secondary N) is 2. The van der Waals surface area contributed by atoms with Gasteiger partial charge in [-0.2, -0.15) is 0 Å². The summed E-state index contributed by atoms with van der Waals surface area (Å²) in [7, 11) is 0. The van der Waals surface area contributed by atoms with Crippen molar-refractivity contribution < 1.29 is 14.0 Å². The third-order valence-corrected chi connectivity index (χ3v) is 4.78. The quantitative estimate of drug-likeness (QED) is 0.571. The standard InChI is InChI=1S/C19H22N6O3S/c1-19(2,3)25-18(22-23-24-25)29-12-16(26)21-15-9-5-4-8-14(15)17(27)20-11-13-7-6-10-28-13/h4-10H,11-12H2,1-3H3,(H,20,27)(H,21,26). The lowest BCUT2D eigenvalue weighted by Crippen LogP contribution is -2.26. The van der Waals surface area contributed by atoms with Gasteiger partial charge in [-0.3, -0.25) is 9.59 Å². The minimum atomic E-state index is -0.304. The minimum absolute atomic E-state index is 0.110. The molecule has 0 aliphatic heterocycles. The van der Waals surface area contributed by atoms with Crippen LogP contribution < -0.4 is 10.6 Å². The van der Waals surface area contributed by atoms with Crippen LogP contribution in [0.4, 0.5) is 5.69 Å². The van der Waals surface area contributed by atoms with Gasteiger partial charge in [-0.1, -0.05) is 23.9 Å². The number of benzene rings is 1. The van der Waals surface area contributed by atoms with Gasteiger partial charge in [-0.05, 0) is 55.5 Å². The van der Waals surface area contributed by atoms with E-state index in [9.17, 15) is 9.59 Å². The Balaban J connectivity index is 1.61. The number of nitrogens with zero attached hydrogens (tertiary/aromatic N) is 4. The summed E-state index contributed by atoms with van der Waals surface area (Å²) in [4.78, 5) is 24.9. The Kier molecular flexibility index (Phi) is 6.32. The van der Waals surface area contributed by atoms with E-state index in [1.165, 1.54) is 11.8 Å². The van der Waals surface area contributed by atoms with Crippen LogP contribution >= 0.6 is 11.8 Å². The lowest BCUT2D eigenvalue weighted by Gasteiger charge is -2.19. The molecule has 2 amide bonds. The summed E-state index contributed by atoms with van der Waals surface area (Å²) in [6.07, 6.45) is 1.54. The molecule has 3 aromatic rings. The Hall–Kier alpha value is -3.14. The van der Waals surface area contributed by atoms with Gasteiger partial charge in [0.15, 0.2) is 0 Å². The average Bonchev–Trinajstić information content (AvgIpc) is 3.36. The first-order chi connectivity index (χ1) is 13.8. The molecule has 9 nitrogen and oxygen atoms in total. The Labute approximate surface area is 172 Å². The Morgan fingerprint density at radius 2 is 1.97 bits per heavy atom. The highest BCUT2D eigenvalue weighted by molar-refractivity contribution is 7.99. The van der Waals surface area contributed by atoms with E-state index in [1.54, 1.807) is 47.3 Å². The van der Waals surface area contributed by atoms with E-state index >= 15 is 0 Å². The summed E-state index contributed by atoms with van der Waals surface area (Å²) in [6, 6.07) is 10.4. The summed E-state index contributed by atoms with van der Waals surface area (Å²) in [5.74, 6) is 0.193. The van der Waals surface area contributed by atoms with E-state index in [-0.39, 0.29) is 29.7 Å². The first-order valence-corrected chi connectivity index (χ1v) is 9.94. The molecule has 3 rings (SSSR count). The molecule has 152 valence electrons. The molecule has 0 atom stereocenters. The molecular weight excluding hydrogens is 392 g/mol. The number of anilines is 1. The van der Waals surface area contributed by atoms with Crippen molar-refractivity contribution in [2.75, 3.05) is 11.1 Å². The number of hydrogen-bond donors (Lipinski definition) is 2. The van der Waals surface area contributed by atoms with Crippen molar-refractivity contribution in [3.63, 3.8) is 0 Å². The maximum Gasteiger partial charge on any atom is 0.253 e. The lowest BCUT2D eigenvalue weighted by molar-refractivity contribution is -0.113. The fourth-order valence-corrected chi connectivity index (χ4v) is 3.33. The molecule has 2 heterocycles. The number of hydrogen-bond acceptors (Lipinski definition) is 7. The molecule has 0 saturated carbocycles. The average molecular weight is 414 g/mol. The Morgan fingerprint density at radius 3 is 2.69 bits per heavy atom. The number of carbonyl (C=O) groups is 2. The number of aromatic nitrogens is 4. The monoisotopic (exact) mass is 414 g/mol. The Bertz CT molecular complexity index is 978. The van der Waals surface area contributed by atoms with E-state index < -0.39 is 0 Å². The molecular formula is C19H22N6O3S. The number of thioether (sulfide) groups is 1. The molecule has 0 bridgehead atoms. The van der Waals surface area contributed by atoms with Gasteiger partial charge in [0.2, 0.25) is 11.1 Å². The molecule has 0 unspecified atom stereocenters. The van der Waals surface area contributed by atoms with Gasteiger partial charge in [0.25, 0.3) is 5.91 Å². The van der Waals surface area contributed by atoms with E-state index in [2.05, 4.69) is 26.2 Å². The van der Waals surface area contributed by atoms with Gasteiger partial charge in [0.1, 0.15) is 5.76 Å². The summed E-state index contributed by atoms with van der Waals surface area (Å²) < 4.78 is 6.88. The van der Waals surface area contributed by atoms with Crippen molar-refractivity contribution in [2.45, 2.75) is 38.0 Å². The predicted octanol–water partition coefficient (Wildman–Crippen LogP) is 2.68. The topological polar surface area (TPSA) is 115 Å². The molecule has 2 N–H and O–H groups in total. The van der Waals surface area contributed by atoms with Crippen molar-refractivity contribution >= 4 is 29.3 Å². The number of amides is 2. The fourth-order valence-electron chi connectivity index (χ4n) is 2.47. The van der Waals surface area contributed by atoms with Crippen LogP contribution in [0.1, 0.15) is 36.9 Å². The zero-order chi connectivity index (χ0) is 20.9. The summed E-state index contributed by atoms with van der Waals surface area (Å²) in [5.41, 5.74) is 0.517. The number of furan rings is 1. The highest BCUT2D eigenvalue weighted by Gasteiger charge is 2.21. The van der Waals surface area contributed by atoms with Gasteiger partial charge in [-0.25, -0.2) is 4.68 Å². The smallest absolute Gasteiger partial charge is 0.253 e. The normalized spacial score (nSPS) is 11.3. The van der Waals surface area contributed by atoms with Gasteiger partial charge in [0.05, 0.1) is 35.4 Å². The van der Waals surface area contributed by atoms with Crippen LogP contribution in [0.15, 0.2) is 52.2 Å². The second-order valence-corrected chi connectivity index (χ2v) is 8.13. The van der Waals surface area contributed by atoms with Crippen LogP contribution in [0.5, 0.6) is 0 Å². The molecule has 0 fully saturated rings. The van der Waals surface area contributed by atoms with Crippen LogP contribution in [0.2, 0.25) is 0 Å². The van der Waals surface area contributed by atoms with Gasteiger partial charge in [-0.15, -0.1) is 5.10 Å². The first-order valence-electron chi connectivity index (χ1n) is 8.96. The molecule has 2 aromatic heterocycles. The van der Waals surface area contributed by atoms with Crippen molar-refractivity contribution in [1.82, 2.24) is 25.5 Å². The largest absolute Gasteiger partial charge is 0.467 e.